The average Bonchev–Trinajstić information content (AvgIpc) is 2.29. The molecule has 2 aromatic rings. The molecule has 0 spiro atoms. The molecule has 0 saturated carbocycles. The number of rotatable bonds is 1. The van der Waals surface area contributed by atoms with Crippen LogP contribution in [-0.2, 0) is 6.18 Å². The van der Waals surface area contributed by atoms with Crippen molar-refractivity contribution >= 4 is 0 Å². The van der Waals surface area contributed by atoms with Gasteiger partial charge in [-0.25, -0.2) is 9.97 Å². The number of nitrogens with zero attached hydrogens (tertiary/aromatic N) is 2. The van der Waals surface area contributed by atoms with Crippen LogP contribution in [0.15, 0.2) is 36.5 Å². The van der Waals surface area contributed by atoms with E-state index in [1.807, 2.05) is 0 Å². The fourth-order valence-electron chi connectivity index (χ4n) is 1.19. The van der Waals surface area contributed by atoms with E-state index in [1.54, 1.807) is 24.3 Å². The molecule has 0 bridgehead atoms. The Morgan fingerprint density at radius 2 is 1.75 bits per heavy atom. The van der Waals surface area contributed by atoms with Crippen LogP contribution in [0.5, 0.6) is 0 Å². The van der Waals surface area contributed by atoms with Gasteiger partial charge in [-0.05, 0) is 12.1 Å². The SMILES string of the molecule is FC(F)(F)c1ccnc(-c2cc[c]cc2)n1. The average molecular weight is 223 g/mol. The Labute approximate surface area is 89.8 Å². The lowest BCUT2D eigenvalue weighted by Crippen LogP contribution is -2.08. The van der Waals surface area contributed by atoms with Gasteiger partial charge in [0.2, 0.25) is 0 Å². The number of hydrogen-bond donors (Lipinski definition) is 0. The summed E-state index contributed by atoms with van der Waals surface area (Å²) in [5.41, 5.74) is -0.407. The van der Waals surface area contributed by atoms with Crippen molar-refractivity contribution < 1.29 is 13.2 Å². The van der Waals surface area contributed by atoms with Gasteiger partial charge >= 0.3 is 6.18 Å². The Bertz CT molecular complexity index is 480. The van der Waals surface area contributed by atoms with Crippen molar-refractivity contribution in [1.29, 1.82) is 0 Å². The highest BCUT2D eigenvalue weighted by Gasteiger charge is 2.32. The number of halogens is 3. The maximum atomic E-state index is 12.4. The molecular weight excluding hydrogens is 217 g/mol. The topological polar surface area (TPSA) is 25.8 Å². The van der Waals surface area contributed by atoms with E-state index in [4.69, 9.17) is 0 Å². The second kappa shape index (κ2) is 3.92. The van der Waals surface area contributed by atoms with E-state index in [1.165, 1.54) is 0 Å². The van der Waals surface area contributed by atoms with Gasteiger partial charge in [0.05, 0.1) is 0 Å². The van der Waals surface area contributed by atoms with Crippen molar-refractivity contribution in [3.63, 3.8) is 0 Å². The highest BCUT2D eigenvalue weighted by molar-refractivity contribution is 5.54. The summed E-state index contributed by atoms with van der Waals surface area (Å²) >= 11 is 0. The molecule has 0 atom stereocenters. The summed E-state index contributed by atoms with van der Waals surface area (Å²) in [4.78, 5) is 7.26. The molecule has 0 amide bonds. The maximum absolute atomic E-state index is 12.4. The van der Waals surface area contributed by atoms with Crippen LogP contribution < -0.4 is 0 Å². The molecule has 0 unspecified atom stereocenters. The van der Waals surface area contributed by atoms with E-state index >= 15 is 0 Å². The van der Waals surface area contributed by atoms with E-state index in [9.17, 15) is 13.2 Å². The Balaban J connectivity index is 2.45. The Kier molecular flexibility index (Phi) is 2.60. The van der Waals surface area contributed by atoms with Crippen LogP contribution in [0.2, 0.25) is 0 Å². The lowest BCUT2D eigenvalue weighted by Gasteiger charge is -2.06. The minimum atomic E-state index is -4.45. The van der Waals surface area contributed by atoms with Crippen LogP contribution in [0, 0.1) is 6.07 Å². The van der Waals surface area contributed by atoms with Crippen molar-refractivity contribution in [2.24, 2.45) is 0 Å². The normalized spacial score (nSPS) is 11.4. The van der Waals surface area contributed by atoms with Gasteiger partial charge in [0.1, 0.15) is 5.69 Å². The molecule has 16 heavy (non-hydrogen) atoms. The fraction of sp³-hybridized carbons (Fsp3) is 0.0909. The van der Waals surface area contributed by atoms with E-state index in [0.29, 0.717) is 5.56 Å². The molecule has 0 fully saturated rings. The van der Waals surface area contributed by atoms with Crippen molar-refractivity contribution in [1.82, 2.24) is 9.97 Å². The maximum Gasteiger partial charge on any atom is 0.433 e. The first kappa shape index (κ1) is 10.6. The number of benzene rings is 1. The Hall–Kier alpha value is -1.91. The number of alkyl halides is 3. The van der Waals surface area contributed by atoms with Gasteiger partial charge in [0.25, 0.3) is 0 Å². The summed E-state index contributed by atoms with van der Waals surface area (Å²) in [6.07, 6.45) is -3.35. The molecule has 0 aliphatic heterocycles. The molecule has 1 aromatic carbocycles. The van der Waals surface area contributed by atoms with E-state index in [-0.39, 0.29) is 5.82 Å². The standard InChI is InChI=1S/C11H6F3N2/c12-11(13,14)9-6-7-15-10(16-9)8-4-2-1-3-5-8/h2-7H. The minimum Gasteiger partial charge on any atom is -0.237 e. The summed E-state index contributed by atoms with van der Waals surface area (Å²) < 4.78 is 37.2. The molecule has 5 heteroatoms. The van der Waals surface area contributed by atoms with Gasteiger partial charge in [-0.3, -0.25) is 0 Å². The zero-order chi connectivity index (χ0) is 11.6. The van der Waals surface area contributed by atoms with E-state index in [2.05, 4.69) is 16.0 Å². The first-order chi connectivity index (χ1) is 7.57. The third-order valence-corrected chi connectivity index (χ3v) is 1.92. The van der Waals surface area contributed by atoms with Crippen molar-refractivity contribution in [2.45, 2.75) is 6.18 Å². The zero-order valence-corrected chi connectivity index (χ0v) is 7.99. The van der Waals surface area contributed by atoms with E-state index in [0.717, 1.165) is 12.3 Å². The second-order valence-corrected chi connectivity index (χ2v) is 3.05. The number of hydrogen-bond acceptors (Lipinski definition) is 2. The smallest absolute Gasteiger partial charge is 0.237 e. The predicted octanol–water partition coefficient (Wildman–Crippen LogP) is 2.96. The molecule has 81 valence electrons. The molecular formula is C11H6F3N2. The lowest BCUT2D eigenvalue weighted by molar-refractivity contribution is -0.141. The van der Waals surface area contributed by atoms with Crippen molar-refractivity contribution in [3.05, 3.63) is 48.3 Å². The van der Waals surface area contributed by atoms with Gasteiger partial charge in [-0.15, -0.1) is 0 Å². The molecule has 0 aliphatic carbocycles. The van der Waals surface area contributed by atoms with Gasteiger partial charge in [-0.2, -0.15) is 13.2 Å². The lowest BCUT2D eigenvalue weighted by atomic mass is 10.2. The number of aromatic nitrogens is 2. The third kappa shape index (κ3) is 2.18. The van der Waals surface area contributed by atoms with Gasteiger partial charge in [0.15, 0.2) is 5.82 Å². The molecule has 0 N–H and O–H groups in total. The summed E-state index contributed by atoms with van der Waals surface area (Å²) in [5, 5.41) is 0. The van der Waals surface area contributed by atoms with Crippen molar-refractivity contribution in [3.8, 4) is 11.4 Å². The first-order valence-electron chi connectivity index (χ1n) is 4.44. The summed E-state index contributed by atoms with van der Waals surface area (Å²) in [6.45, 7) is 0. The third-order valence-electron chi connectivity index (χ3n) is 1.92. The Morgan fingerprint density at radius 1 is 1.06 bits per heavy atom. The summed E-state index contributed by atoms with van der Waals surface area (Å²) in [6, 6.07) is 10.0. The van der Waals surface area contributed by atoms with Crippen LogP contribution in [0.25, 0.3) is 11.4 Å². The first-order valence-corrected chi connectivity index (χ1v) is 4.44. The summed E-state index contributed by atoms with van der Waals surface area (Å²) in [7, 11) is 0. The van der Waals surface area contributed by atoms with Crippen molar-refractivity contribution in [2.75, 3.05) is 0 Å². The molecule has 1 aromatic heterocycles. The predicted molar refractivity (Wildman–Crippen MR) is 51.3 cm³/mol. The largest absolute Gasteiger partial charge is 0.433 e. The van der Waals surface area contributed by atoms with Gasteiger partial charge in [-0.1, -0.05) is 24.3 Å². The minimum absolute atomic E-state index is 0.0591. The molecule has 1 heterocycles. The highest BCUT2D eigenvalue weighted by Crippen LogP contribution is 2.28. The quantitative estimate of drug-likeness (QED) is 0.742. The monoisotopic (exact) mass is 223 g/mol. The zero-order valence-electron chi connectivity index (χ0n) is 7.99. The van der Waals surface area contributed by atoms with Gasteiger partial charge in [0, 0.05) is 11.8 Å². The van der Waals surface area contributed by atoms with Crippen LogP contribution in [0.3, 0.4) is 0 Å². The summed E-state index contributed by atoms with van der Waals surface area (Å²) in [5.74, 6) is 0.0591. The molecule has 2 rings (SSSR count). The van der Waals surface area contributed by atoms with E-state index < -0.39 is 11.9 Å². The molecule has 2 nitrogen and oxygen atoms in total. The van der Waals surface area contributed by atoms with Crippen LogP contribution in [0.1, 0.15) is 5.69 Å². The fourth-order valence-corrected chi connectivity index (χ4v) is 1.19. The second-order valence-electron chi connectivity index (χ2n) is 3.05. The molecule has 1 radical (unpaired) electrons. The van der Waals surface area contributed by atoms with Crippen LogP contribution in [-0.4, -0.2) is 9.97 Å². The highest BCUT2D eigenvalue weighted by atomic mass is 19.4. The Morgan fingerprint density at radius 3 is 2.38 bits per heavy atom. The molecule has 0 aliphatic rings. The molecule has 0 saturated heterocycles. The van der Waals surface area contributed by atoms with Crippen LogP contribution >= 0.6 is 0 Å². The van der Waals surface area contributed by atoms with Gasteiger partial charge < -0.3 is 0 Å². The van der Waals surface area contributed by atoms with Crippen LogP contribution in [0.4, 0.5) is 13.2 Å².